The minimum atomic E-state index is -2.10. The van der Waals surface area contributed by atoms with Gasteiger partial charge in [0.15, 0.2) is 6.29 Å². The fourth-order valence-corrected chi connectivity index (χ4v) is 2.72. The number of aliphatic hydroxyl groups is 6. The number of ether oxygens (including phenoxy) is 3. The summed E-state index contributed by atoms with van der Waals surface area (Å²) < 4.78 is 15.9. The Morgan fingerprint density at radius 3 is 1.96 bits per heavy atom. The van der Waals surface area contributed by atoms with Crippen LogP contribution >= 0.6 is 0 Å². The first-order valence-electron chi connectivity index (χ1n) is 7.23. The van der Waals surface area contributed by atoms with E-state index < -0.39 is 61.4 Å². The summed E-state index contributed by atoms with van der Waals surface area (Å²) in [4.78, 5) is 0. The Hall–Kier alpha value is -0.440. The molecule has 136 valence electrons. The third-order valence-electron chi connectivity index (χ3n) is 4.18. The van der Waals surface area contributed by atoms with Crippen LogP contribution in [-0.2, 0) is 14.2 Å². The average Bonchev–Trinajstić information content (AvgIpc) is 2.80. The Morgan fingerprint density at radius 2 is 1.48 bits per heavy atom. The van der Waals surface area contributed by atoms with Gasteiger partial charge in [0, 0.05) is 13.1 Å². The van der Waals surface area contributed by atoms with Crippen molar-refractivity contribution >= 4 is 0 Å². The van der Waals surface area contributed by atoms with Crippen molar-refractivity contribution in [3.63, 3.8) is 0 Å². The molecule has 9 atom stereocenters. The second-order valence-electron chi connectivity index (χ2n) is 5.67. The maximum Gasteiger partial charge on any atom is 0.224 e. The van der Waals surface area contributed by atoms with Crippen LogP contribution < -0.4 is 11.5 Å². The maximum absolute atomic E-state index is 10.1. The Labute approximate surface area is 132 Å². The van der Waals surface area contributed by atoms with Gasteiger partial charge in [-0.1, -0.05) is 0 Å². The number of hydrogen-bond donors (Lipinski definition) is 8. The van der Waals surface area contributed by atoms with Gasteiger partial charge in [0.05, 0.1) is 0 Å². The summed E-state index contributed by atoms with van der Waals surface area (Å²) in [7, 11) is 0. The van der Waals surface area contributed by atoms with Gasteiger partial charge in [-0.25, -0.2) is 0 Å². The molecular weight excluding hydrogens is 316 g/mol. The fraction of sp³-hybridized carbons (Fsp3) is 1.00. The molecule has 2 aliphatic heterocycles. The second kappa shape index (κ2) is 7.21. The van der Waals surface area contributed by atoms with Crippen molar-refractivity contribution < 1.29 is 44.8 Å². The number of hydrogen-bond acceptors (Lipinski definition) is 11. The molecule has 0 spiro atoms. The minimum Gasteiger partial charge on any atom is -0.391 e. The normalized spacial score (nSPS) is 51.1. The summed E-state index contributed by atoms with van der Waals surface area (Å²) in [6, 6.07) is 0. The van der Waals surface area contributed by atoms with Crippen LogP contribution in [0.4, 0.5) is 0 Å². The molecule has 10 N–H and O–H groups in total. The summed E-state index contributed by atoms with van der Waals surface area (Å²) in [6.45, 7) is -1.20. The van der Waals surface area contributed by atoms with Crippen LogP contribution in [-0.4, -0.2) is 105 Å². The lowest BCUT2D eigenvalue weighted by Gasteiger charge is -2.43. The highest BCUT2D eigenvalue weighted by atomic mass is 16.8. The summed E-state index contributed by atoms with van der Waals surface area (Å²) in [5.74, 6) is -2.10. The Morgan fingerprint density at radius 1 is 0.870 bits per heavy atom. The molecule has 0 aliphatic carbocycles. The highest BCUT2D eigenvalue weighted by molar-refractivity contribution is 4.98. The molecule has 5 unspecified atom stereocenters. The van der Waals surface area contributed by atoms with Gasteiger partial charge < -0.3 is 56.3 Å². The van der Waals surface area contributed by atoms with E-state index in [0.717, 1.165) is 0 Å². The molecule has 2 aliphatic rings. The van der Waals surface area contributed by atoms with E-state index in [2.05, 4.69) is 0 Å². The zero-order valence-electron chi connectivity index (χ0n) is 12.3. The van der Waals surface area contributed by atoms with E-state index in [-0.39, 0.29) is 13.1 Å². The summed E-state index contributed by atoms with van der Waals surface area (Å²) in [5, 5.41) is 59.0. The van der Waals surface area contributed by atoms with E-state index in [0.29, 0.717) is 0 Å². The summed E-state index contributed by atoms with van der Waals surface area (Å²) in [5.41, 5.74) is 10.8. The van der Waals surface area contributed by atoms with Gasteiger partial charge in [-0.15, -0.1) is 0 Å². The average molecular weight is 340 g/mol. The molecule has 0 aromatic heterocycles. The summed E-state index contributed by atoms with van der Waals surface area (Å²) in [6.07, 6.45) is -11.4. The number of nitrogens with two attached hydrogens (primary N) is 2. The van der Waals surface area contributed by atoms with Gasteiger partial charge in [0.25, 0.3) is 0 Å². The van der Waals surface area contributed by atoms with E-state index in [1.165, 1.54) is 0 Å². The highest BCUT2D eigenvalue weighted by Crippen LogP contribution is 2.35. The van der Waals surface area contributed by atoms with Crippen molar-refractivity contribution in [2.24, 2.45) is 11.5 Å². The summed E-state index contributed by atoms with van der Waals surface area (Å²) >= 11 is 0. The molecule has 0 aromatic carbocycles. The SMILES string of the molecule is NCC1O[C@@H](O[C@]2(CO)O[C@H](CN)C(O)C2O)C(O)C(O)[C@@H]1O. The first-order valence-corrected chi connectivity index (χ1v) is 7.23. The molecular formula is C12H24N2O9. The highest BCUT2D eigenvalue weighted by Gasteiger charge is 2.58. The van der Waals surface area contributed by atoms with E-state index >= 15 is 0 Å². The molecule has 0 amide bonds. The molecule has 23 heavy (non-hydrogen) atoms. The third kappa shape index (κ3) is 3.23. The first-order chi connectivity index (χ1) is 10.8. The lowest BCUT2D eigenvalue weighted by molar-refractivity contribution is -0.380. The second-order valence-corrected chi connectivity index (χ2v) is 5.67. The van der Waals surface area contributed by atoms with Crippen molar-refractivity contribution in [2.75, 3.05) is 19.7 Å². The molecule has 2 fully saturated rings. The molecule has 2 saturated heterocycles. The quantitative estimate of drug-likeness (QED) is 0.237. The van der Waals surface area contributed by atoms with Crippen LogP contribution in [0.1, 0.15) is 0 Å². The Kier molecular flexibility index (Phi) is 5.92. The van der Waals surface area contributed by atoms with Gasteiger partial charge in [-0.05, 0) is 0 Å². The number of aliphatic hydroxyl groups excluding tert-OH is 6. The Bertz CT molecular complexity index is 401. The topological polar surface area (TPSA) is 201 Å². The molecule has 0 aromatic rings. The zero-order valence-corrected chi connectivity index (χ0v) is 12.3. The zero-order chi connectivity index (χ0) is 17.4. The first kappa shape index (κ1) is 18.9. The van der Waals surface area contributed by atoms with Gasteiger partial charge in [0.2, 0.25) is 5.79 Å². The third-order valence-corrected chi connectivity index (χ3v) is 4.18. The molecule has 0 bridgehead atoms. The largest absolute Gasteiger partial charge is 0.391 e. The van der Waals surface area contributed by atoms with Crippen molar-refractivity contribution in [1.82, 2.24) is 0 Å². The lowest BCUT2D eigenvalue weighted by Crippen LogP contribution is -2.63. The van der Waals surface area contributed by atoms with Crippen LogP contribution in [0.3, 0.4) is 0 Å². The molecule has 11 nitrogen and oxygen atoms in total. The molecule has 0 radical (unpaired) electrons. The fourth-order valence-electron chi connectivity index (χ4n) is 2.72. The Balaban J connectivity index is 2.18. The minimum absolute atomic E-state index is 0.149. The van der Waals surface area contributed by atoms with Gasteiger partial charge >= 0.3 is 0 Å². The van der Waals surface area contributed by atoms with E-state index in [1.807, 2.05) is 0 Å². The smallest absolute Gasteiger partial charge is 0.224 e. The van der Waals surface area contributed by atoms with Crippen LogP contribution in [0.15, 0.2) is 0 Å². The van der Waals surface area contributed by atoms with Crippen LogP contribution in [0.2, 0.25) is 0 Å². The maximum atomic E-state index is 10.1. The van der Waals surface area contributed by atoms with Crippen molar-refractivity contribution in [1.29, 1.82) is 0 Å². The predicted molar refractivity (Wildman–Crippen MR) is 72.6 cm³/mol. The van der Waals surface area contributed by atoms with Crippen LogP contribution in [0, 0.1) is 0 Å². The van der Waals surface area contributed by atoms with Gasteiger partial charge in [-0.2, -0.15) is 0 Å². The standard InChI is InChI=1S/C12H24N2O9/c13-1-4-6(16)8(18)9(19)11(21-4)23-12(3-15)10(20)7(17)5(2-14)22-12/h4-11,15-20H,1-3,13-14H2/t4?,5-,6-,7?,8?,9?,10?,11+,12+/m1/s1. The van der Waals surface area contributed by atoms with Crippen molar-refractivity contribution in [2.45, 2.75) is 54.8 Å². The van der Waals surface area contributed by atoms with E-state index in [1.54, 1.807) is 0 Å². The van der Waals surface area contributed by atoms with Crippen molar-refractivity contribution in [3.8, 4) is 0 Å². The van der Waals surface area contributed by atoms with E-state index in [9.17, 15) is 30.6 Å². The molecule has 0 saturated carbocycles. The van der Waals surface area contributed by atoms with Crippen molar-refractivity contribution in [3.05, 3.63) is 0 Å². The number of rotatable bonds is 5. The molecule has 2 rings (SSSR count). The van der Waals surface area contributed by atoms with Gasteiger partial charge in [0.1, 0.15) is 49.3 Å². The molecule has 2 heterocycles. The van der Waals surface area contributed by atoms with Crippen LogP contribution in [0.25, 0.3) is 0 Å². The predicted octanol–water partition coefficient (Wildman–Crippen LogP) is -5.46. The van der Waals surface area contributed by atoms with E-state index in [4.69, 9.17) is 25.7 Å². The van der Waals surface area contributed by atoms with Crippen LogP contribution in [0.5, 0.6) is 0 Å². The molecule has 11 heteroatoms. The van der Waals surface area contributed by atoms with Gasteiger partial charge in [-0.3, -0.25) is 0 Å². The lowest BCUT2D eigenvalue weighted by atomic mass is 9.98. The monoisotopic (exact) mass is 340 g/mol.